The number of methoxy groups -OCH3 is 1. The largest absolute Gasteiger partial charge is 0.495 e. The smallest absolute Gasteiger partial charge is 0.247 e. The molecule has 0 aliphatic carbocycles. The number of ether oxygens (including phenoxy) is 1. The van der Waals surface area contributed by atoms with Gasteiger partial charge in [-0.3, -0.25) is 4.79 Å². The van der Waals surface area contributed by atoms with Crippen molar-refractivity contribution in [2.24, 2.45) is 0 Å². The molecule has 3 N–H and O–H groups in total. The molecule has 0 aliphatic heterocycles. The van der Waals surface area contributed by atoms with Crippen LogP contribution in [0.4, 0.5) is 5.69 Å². The lowest BCUT2D eigenvalue weighted by Gasteiger charge is -2.22. The molecule has 1 rings (SSSR count). The molecule has 0 heterocycles. The van der Waals surface area contributed by atoms with Gasteiger partial charge in [0.15, 0.2) is 0 Å². The van der Waals surface area contributed by atoms with E-state index in [9.17, 15) is 13.2 Å². The van der Waals surface area contributed by atoms with E-state index in [1.165, 1.54) is 32.4 Å². The highest BCUT2D eigenvalue weighted by Gasteiger charge is 2.28. The van der Waals surface area contributed by atoms with Crippen molar-refractivity contribution in [3.63, 3.8) is 0 Å². The quantitative estimate of drug-likeness (QED) is 0.710. The monoisotopic (exact) mass is 315 g/mol. The molecule has 0 saturated heterocycles. The number of hydrogen-bond donors (Lipinski definition) is 2. The molecule has 0 aliphatic rings. The van der Waals surface area contributed by atoms with Crippen molar-refractivity contribution in [1.82, 2.24) is 9.62 Å². The van der Waals surface area contributed by atoms with Crippen LogP contribution in [0.25, 0.3) is 0 Å². The lowest BCUT2D eigenvalue weighted by Crippen LogP contribution is -2.40. The van der Waals surface area contributed by atoms with E-state index in [0.29, 0.717) is 12.1 Å². The normalized spacial score (nSPS) is 11.4. The molecule has 0 bridgehead atoms. The molecular formula is C13H21N3O4S. The van der Waals surface area contributed by atoms with Crippen LogP contribution < -0.4 is 15.8 Å². The van der Waals surface area contributed by atoms with Gasteiger partial charge < -0.3 is 15.8 Å². The molecular weight excluding hydrogens is 294 g/mol. The zero-order valence-electron chi connectivity index (χ0n) is 12.4. The summed E-state index contributed by atoms with van der Waals surface area (Å²) in [5.41, 5.74) is 6.03. The zero-order valence-corrected chi connectivity index (χ0v) is 13.2. The van der Waals surface area contributed by atoms with Crippen LogP contribution in [0.1, 0.15) is 13.3 Å². The SMILES string of the molecule is CCCN(CC(=O)NC)S(=O)(=O)c1ccc(N)cc1OC. The van der Waals surface area contributed by atoms with Crippen LogP contribution in [0.2, 0.25) is 0 Å². The minimum absolute atomic E-state index is 0.00319. The Labute approximate surface area is 125 Å². The summed E-state index contributed by atoms with van der Waals surface area (Å²) in [6.45, 7) is 1.84. The van der Waals surface area contributed by atoms with E-state index in [4.69, 9.17) is 10.5 Å². The minimum Gasteiger partial charge on any atom is -0.495 e. The minimum atomic E-state index is -3.84. The van der Waals surface area contributed by atoms with Crippen LogP contribution in [0.15, 0.2) is 23.1 Å². The Balaban J connectivity index is 3.25. The van der Waals surface area contributed by atoms with Crippen LogP contribution in [0.3, 0.4) is 0 Å². The predicted octanol–water partition coefficient (Wildman–Crippen LogP) is 0.424. The van der Waals surface area contributed by atoms with Crippen molar-refractivity contribution in [3.8, 4) is 5.75 Å². The maximum Gasteiger partial charge on any atom is 0.247 e. The third-order valence-corrected chi connectivity index (χ3v) is 4.76. The summed E-state index contributed by atoms with van der Waals surface area (Å²) < 4.78 is 31.6. The summed E-state index contributed by atoms with van der Waals surface area (Å²) in [4.78, 5) is 11.5. The number of nitrogen functional groups attached to an aromatic ring is 1. The van der Waals surface area contributed by atoms with Crippen LogP contribution >= 0.6 is 0 Å². The first-order chi connectivity index (χ1) is 9.86. The van der Waals surface area contributed by atoms with Gasteiger partial charge in [0, 0.05) is 25.3 Å². The number of sulfonamides is 1. The highest BCUT2D eigenvalue weighted by atomic mass is 32.2. The van der Waals surface area contributed by atoms with Gasteiger partial charge in [-0.25, -0.2) is 8.42 Å². The van der Waals surface area contributed by atoms with Gasteiger partial charge in [0.05, 0.1) is 13.7 Å². The fraction of sp³-hybridized carbons (Fsp3) is 0.462. The molecule has 0 saturated carbocycles. The Morgan fingerprint density at radius 2 is 2.10 bits per heavy atom. The van der Waals surface area contributed by atoms with Gasteiger partial charge in [0.2, 0.25) is 15.9 Å². The average Bonchev–Trinajstić information content (AvgIpc) is 2.46. The molecule has 0 aromatic heterocycles. The molecule has 0 unspecified atom stereocenters. The second-order valence-electron chi connectivity index (χ2n) is 4.42. The number of likely N-dealkylation sites (N-methyl/N-ethyl adjacent to an activating group) is 1. The van der Waals surface area contributed by atoms with Crippen molar-refractivity contribution >= 4 is 21.6 Å². The van der Waals surface area contributed by atoms with Crippen molar-refractivity contribution in [3.05, 3.63) is 18.2 Å². The van der Waals surface area contributed by atoms with Crippen molar-refractivity contribution in [2.75, 3.05) is 33.0 Å². The zero-order chi connectivity index (χ0) is 16.0. The van der Waals surface area contributed by atoms with Gasteiger partial charge in [-0.15, -0.1) is 0 Å². The predicted molar refractivity (Wildman–Crippen MR) is 80.5 cm³/mol. The van der Waals surface area contributed by atoms with Crippen LogP contribution in [0.5, 0.6) is 5.75 Å². The maximum absolute atomic E-state index is 12.7. The molecule has 8 heteroatoms. The Morgan fingerprint density at radius 1 is 1.43 bits per heavy atom. The Morgan fingerprint density at radius 3 is 2.62 bits per heavy atom. The number of nitrogens with zero attached hydrogens (tertiary/aromatic N) is 1. The lowest BCUT2D eigenvalue weighted by atomic mass is 10.3. The summed E-state index contributed by atoms with van der Waals surface area (Å²) in [6.07, 6.45) is 0.591. The van der Waals surface area contributed by atoms with E-state index in [2.05, 4.69) is 5.32 Å². The van der Waals surface area contributed by atoms with Crippen molar-refractivity contribution in [2.45, 2.75) is 18.2 Å². The summed E-state index contributed by atoms with van der Waals surface area (Å²) >= 11 is 0. The first-order valence-corrected chi connectivity index (χ1v) is 7.95. The molecule has 1 aromatic carbocycles. The Bertz CT molecular complexity index is 601. The van der Waals surface area contributed by atoms with E-state index in [1.54, 1.807) is 0 Å². The van der Waals surface area contributed by atoms with Crippen molar-refractivity contribution < 1.29 is 17.9 Å². The second-order valence-corrected chi connectivity index (χ2v) is 6.33. The number of benzene rings is 1. The van der Waals surface area contributed by atoms with E-state index in [0.717, 1.165) is 4.31 Å². The topological polar surface area (TPSA) is 102 Å². The molecule has 0 spiro atoms. The number of nitrogens with two attached hydrogens (primary N) is 1. The summed E-state index contributed by atoms with van der Waals surface area (Å²) in [6, 6.07) is 4.31. The summed E-state index contributed by atoms with van der Waals surface area (Å²) in [5, 5.41) is 2.42. The molecule has 118 valence electrons. The first-order valence-electron chi connectivity index (χ1n) is 6.51. The highest BCUT2D eigenvalue weighted by Crippen LogP contribution is 2.28. The first kappa shape index (κ1) is 17.3. The van der Waals surface area contributed by atoms with Gasteiger partial charge >= 0.3 is 0 Å². The number of nitrogens with one attached hydrogen (secondary N) is 1. The third-order valence-electron chi connectivity index (χ3n) is 2.88. The van der Waals surface area contributed by atoms with Gasteiger partial charge in [-0.2, -0.15) is 4.31 Å². The van der Waals surface area contributed by atoms with Gasteiger partial charge in [0.25, 0.3) is 0 Å². The number of carbonyl (C=O) groups excluding carboxylic acids is 1. The van der Waals surface area contributed by atoms with Crippen LogP contribution in [0, 0.1) is 0 Å². The molecule has 1 aromatic rings. The number of anilines is 1. The maximum atomic E-state index is 12.7. The number of amides is 1. The average molecular weight is 315 g/mol. The summed E-state index contributed by atoms with van der Waals surface area (Å²) in [5.74, 6) is -0.213. The molecule has 0 fully saturated rings. The molecule has 1 amide bonds. The number of rotatable bonds is 7. The lowest BCUT2D eigenvalue weighted by molar-refractivity contribution is -0.120. The Kier molecular flexibility index (Phi) is 5.98. The third kappa shape index (κ3) is 4.08. The fourth-order valence-electron chi connectivity index (χ4n) is 1.81. The number of carbonyl (C=O) groups is 1. The standard InChI is InChI=1S/C13H21N3O4S/c1-4-7-16(9-13(17)15-2)21(18,19)12-6-5-10(14)8-11(12)20-3/h5-6,8H,4,7,9,14H2,1-3H3,(H,15,17). The van der Waals surface area contributed by atoms with Crippen LogP contribution in [-0.2, 0) is 14.8 Å². The fourth-order valence-corrected chi connectivity index (χ4v) is 3.43. The van der Waals surface area contributed by atoms with E-state index in [1.807, 2.05) is 6.92 Å². The van der Waals surface area contributed by atoms with Gasteiger partial charge in [-0.05, 0) is 18.6 Å². The van der Waals surface area contributed by atoms with Crippen molar-refractivity contribution in [1.29, 1.82) is 0 Å². The molecule has 0 atom stereocenters. The van der Waals surface area contributed by atoms with Crippen LogP contribution in [-0.4, -0.2) is 45.9 Å². The summed E-state index contributed by atoms with van der Waals surface area (Å²) in [7, 11) is -1.00. The van der Waals surface area contributed by atoms with Gasteiger partial charge in [0.1, 0.15) is 10.6 Å². The molecule has 7 nitrogen and oxygen atoms in total. The van der Waals surface area contributed by atoms with E-state index >= 15 is 0 Å². The van der Waals surface area contributed by atoms with E-state index < -0.39 is 10.0 Å². The number of hydrogen-bond acceptors (Lipinski definition) is 5. The molecule has 21 heavy (non-hydrogen) atoms. The highest BCUT2D eigenvalue weighted by molar-refractivity contribution is 7.89. The molecule has 0 radical (unpaired) electrons. The van der Waals surface area contributed by atoms with Gasteiger partial charge in [-0.1, -0.05) is 6.92 Å². The second kappa shape index (κ2) is 7.28. The Hall–Kier alpha value is -1.80. The van der Waals surface area contributed by atoms with E-state index in [-0.39, 0.29) is 29.6 Å².